The molecular formula is C23H26F4N4O3. The van der Waals surface area contributed by atoms with Crippen molar-refractivity contribution in [2.75, 3.05) is 19.7 Å². The molecule has 0 unspecified atom stereocenters. The number of carbonyl (C=O) groups is 2. The number of ether oxygens (including phenoxy) is 1. The van der Waals surface area contributed by atoms with Crippen molar-refractivity contribution in [3.8, 4) is 5.88 Å². The zero-order valence-electron chi connectivity index (χ0n) is 18.6. The average molecular weight is 482 g/mol. The van der Waals surface area contributed by atoms with Crippen LogP contribution in [0.25, 0.3) is 0 Å². The summed E-state index contributed by atoms with van der Waals surface area (Å²) < 4.78 is 55.6. The van der Waals surface area contributed by atoms with Gasteiger partial charge in [-0.2, -0.15) is 13.2 Å². The zero-order chi connectivity index (χ0) is 24.7. The van der Waals surface area contributed by atoms with E-state index < -0.39 is 12.8 Å². The molecule has 34 heavy (non-hydrogen) atoms. The summed E-state index contributed by atoms with van der Waals surface area (Å²) in [7, 11) is 0. The minimum atomic E-state index is -4.50. The van der Waals surface area contributed by atoms with Crippen LogP contribution in [0.2, 0.25) is 0 Å². The van der Waals surface area contributed by atoms with Gasteiger partial charge in [0.05, 0.1) is 0 Å². The molecule has 0 saturated carbocycles. The first-order valence-corrected chi connectivity index (χ1v) is 10.8. The largest absolute Gasteiger partial charge is 0.468 e. The lowest BCUT2D eigenvalue weighted by molar-refractivity contribution is -0.154. The molecule has 0 aliphatic carbocycles. The molecule has 2 N–H and O–H groups in total. The normalized spacial score (nSPS) is 14.6. The second-order valence-corrected chi connectivity index (χ2v) is 8.09. The number of likely N-dealkylation sites (tertiary alicyclic amines) is 1. The van der Waals surface area contributed by atoms with Crippen molar-refractivity contribution >= 4 is 11.9 Å². The number of urea groups is 1. The van der Waals surface area contributed by atoms with Crippen molar-refractivity contribution < 1.29 is 31.9 Å². The molecule has 1 aliphatic heterocycles. The van der Waals surface area contributed by atoms with Crippen LogP contribution in [0.4, 0.5) is 22.4 Å². The number of amides is 3. The van der Waals surface area contributed by atoms with Gasteiger partial charge >= 0.3 is 12.2 Å². The Balaban J connectivity index is 1.43. The zero-order valence-corrected chi connectivity index (χ0v) is 18.6. The van der Waals surface area contributed by atoms with E-state index in [2.05, 4.69) is 15.6 Å². The Morgan fingerprint density at radius 2 is 1.88 bits per heavy atom. The van der Waals surface area contributed by atoms with Crippen LogP contribution in [-0.4, -0.2) is 47.7 Å². The van der Waals surface area contributed by atoms with Gasteiger partial charge < -0.3 is 20.3 Å². The van der Waals surface area contributed by atoms with E-state index in [1.807, 2.05) is 0 Å². The highest BCUT2D eigenvalue weighted by atomic mass is 19.4. The van der Waals surface area contributed by atoms with Gasteiger partial charge in [-0.3, -0.25) is 4.79 Å². The van der Waals surface area contributed by atoms with Gasteiger partial charge in [0.2, 0.25) is 11.8 Å². The second-order valence-electron chi connectivity index (χ2n) is 8.09. The van der Waals surface area contributed by atoms with Crippen LogP contribution < -0.4 is 15.4 Å². The van der Waals surface area contributed by atoms with Crippen molar-refractivity contribution in [3.63, 3.8) is 0 Å². The molecule has 0 radical (unpaired) electrons. The third kappa shape index (κ3) is 7.32. The Bertz CT molecular complexity index is 1010. The summed E-state index contributed by atoms with van der Waals surface area (Å²) in [6, 6.07) is 7.48. The average Bonchev–Trinajstić information content (AvgIpc) is 2.82. The first-order chi connectivity index (χ1) is 16.1. The number of nitrogens with one attached hydrogen (secondary N) is 2. The van der Waals surface area contributed by atoms with E-state index in [1.165, 1.54) is 24.4 Å². The predicted molar refractivity (Wildman–Crippen MR) is 115 cm³/mol. The summed E-state index contributed by atoms with van der Waals surface area (Å²) in [6.07, 6.45) is -2.25. The smallest absolute Gasteiger partial charge is 0.422 e. The summed E-state index contributed by atoms with van der Waals surface area (Å²) in [4.78, 5) is 30.3. The lowest BCUT2D eigenvalue weighted by Crippen LogP contribution is -2.46. The third-order valence-corrected chi connectivity index (χ3v) is 5.51. The van der Waals surface area contributed by atoms with Crippen molar-refractivity contribution in [2.45, 2.75) is 39.0 Å². The molecule has 7 nitrogen and oxygen atoms in total. The van der Waals surface area contributed by atoms with Crippen LogP contribution >= 0.6 is 0 Å². The highest BCUT2D eigenvalue weighted by molar-refractivity contribution is 5.79. The van der Waals surface area contributed by atoms with Gasteiger partial charge in [-0.15, -0.1) is 0 Å². The van der Waals surface area contributed by atoms with E-state index in [0.29, 0.717) is 42.6 Å². The summed E-state index contributed by atoms with van der Waals surface area (Å²) in [6.45, 7) is 1.08. The number of pyridine rings is 1. The molecule has 3 amide bonds. The summed E-state index contributed by atoms with van der Waals surface area (Å²) >= 11 is 0. The lowest BCUT2D eigenvalue weighted by Gasteiger charge is -2.31. The second kappa shape index (κ2) is 11.2. The molecule has 1 saturated heterocycles. The fourth-order valence-corrected chi connectivity index (χ4v) is 3.55. The molecule has 1 aromatic carbocycles. The van der Waals surface area contributed by atoms with Crippen molar-refractivity contribution in [3.05, 3.63) is 59.0 Å². The number of benzene rings is 1. The Hall–Kier alpha value is -3.37. The number of piperidine rings is 1. The lowest BCUT2D eigenvalue weighted by atomic mass is 9.96. The molecule has 3 rings (SSSR count). The van der Waals surface area contributed by atoms with E-state index in [1.54, 1.807) is 24.0 Å². The maximum absolute atomic E-state index is 13.6. The van der Waals surface area contributed by atoms with Crippen molar-refractivity contribution in [1.29, 1.82) is 0 Å². The molecule has 2 aromatic rings. The van der Waals surface area contributed by atoms with Gasteiger partial charge in [0.25, 0.3) is 0 Å². The first-order valence-electron chi connectivity index (χ1n) is 10.8. The number of carbonyl (C=O) groups excluding carboxylic acids is 2. The monoisotopic (exact) mass is 482 g/mol. The van der Waals surface area contributed by atoms with Gasteiger partial charge in [0, 0.05) is 43.9 Å². The summed E-state index contributed by atoms with van der Waals surface area (Å²) in [5.74, 6) is -0.928. The van der Waals surface area contributed by atoms with Gasteiger partial charge in [0.15, 0.2) is 6.61 Å². The number of aromatic nitrogens is 1. The van der Waals surface area contributed by atoms with Crippen molar-refractivity contribution in [2.24, 2.45) is 5.92 Å². The molecule has 2 heterocycles. The molecule has 1 aliphatic rings. The van der Waals surface area contributed by atoms with Crippen LogP contribution in [0.3, 0.4) is 0 Å². The SMILES string of the molecule is Cc1ccc(CNC(=O)C2CCN(C(=O)NCc3cccnc3OCC(F)(F)F)CC2)cc1F. The van der Waals surface area contributed by atoms with Crippen molar-refractivity contribution in [1.82, 2.24) is 20.5 Å². The molecule has 1 aromatic heterocycles. The number of halogens is 4. The number of aryl methyl sites for hydroxylation is 1. The number of alkyl halides is 3. The quantitative estimate of drug-likeness (QED) is 0.590. The molecule has 1 fully saturated rings. The van der Waals surface area contributed by atoms with Gasteiger partial charge in [-0.1, -0.05) is 18.2 Å². The van der Waals surface area contributed by atoms with Gasteiger partial charge in [-0.25, -0.2) is 14.2 Å². The highest BCUT2D eigenvalue weighted by Crippen LogP contribution is 2.21. The molecule has 184 valence electrons. The van der Waals surface area contributed by atoms with Crippen LogP contribution in [-0.2, 0) is 17.9 Å². The maximum atomic E-state index is 13.6. The van der Waals surface area contributed by atoms with Crippen LogP contribution in [0.1, 0.15) is 29.5 Å². The molecule has 0 atom stereocenters. The fraction of sp³-hybridized carbons (Fsp3) is 0.435. The van der Waals surface area contributed by atoms with Crippen LogP contribution in [0.15, 0.2) is 36.5 Å². The third-order valence-electron chi connectivity index (χ3n) is 5.51. The van der Waals surface area contributed by atoms with Crippen LogP contribution in [0, 0.1) is 18.7 Å². The molecular weight excluding hydrogens is 456 g/mol. The van der Waals surface area contributed by atoms with E-state index in [4.69, 9.17) is 4.74 Å². The number of nitrogens with zero attached hydrogens (tertiary/aromatic N) is 2. The fourth-order valence-electron chi connectivity index (χ4n) is 3.55. The number of hydrogen-bond acceptors (Lipinski definition) is 4. The molecule has 0 bridgehead atoms. The van der Waals surface area contributed by atoms with Gasteiger partial charge in [-0.05, 0) is 43.0 Å². The molecule has 0 spiro atoms. The summed E-state index contributed by atoms with van der Waals surface area (Å²) in [5, 5.41) is 5.47. The van der Waals surface area contributed by atoms with E-state index >= 15 is 0 Å². The minimum absolute atomic E-state index is 0.0482. The number of hydrogen-bond donors (Lipinski definition) is 2. The number of rotatable bonds is 7. The Labute approximate surface area is 194 Å². The Morgan fingerprint density at radius 3 is 2.56 bits per heavy atom. The topological polar surface area (TPSA) is 83.6 Å². The van der Waals surface area contributed by atoms with E-state index in [9.17, 15) is 27.2 Å². The predicted octanol–water partition coefficient (Wildman–Crippen LogP) is 3.71. The Kier molecular flexibility index (Phi) is 8.30. The minimum Gasteiger partial charge on any atom is -0.468 e. The van der Waals surface area contributed by atoms with Crippen LogP contribution in [0.5, 0.6) is 5.88 Å². The maximum Gasteiger partial charge on any atom is 0.422 e. The standard InChI is InChI=1S/C23H26F4N4O3/c1-15-4-5-16(11-19(15)24)12-29-20(32)17-6-9-31(10-7-17)22(33)30-13-18-3-2-8-28-21(18)34-14-23(25,26)27/h2-5,8,11,17H,6-7,9-10,12-14H2,1H3,(H,29,32)(H,30,33). The highest BCUT2D eigenvalue weighted by Gasteiger charge is 2.30. The van der Waals surface area contributed by atoms with Gasteiger partial charge in [0.1, 0.15) is 5.82 Å². The summed E-state index contributed by atoms with van der Waals surface area (Å²) in [5.41, 5.74) is 1.53. The first kappa shape index (κ1) is 25.3. The molecule has 11 heteroatoms. The van der Waals surface area contributed by atoms with E-state index in [-0.39, 0.29) is 42.6 Å². The Morgan fingerprint density at radius 1 is 1.15 bits per heavy atom. The van der Waals surface area contributed by atoms with E-state index in [0.717, 1.165) is 0 Å².